The van der Waals surface area contributed by atoms with E-state index in [-0.39, 0.29) is 24.0 Å². The minimum Gasteiger partial charge on any atom is -0.481 e. The van der Waals surface area contributed by atoms with Crippen molar-refractivity contribution in [3.63, 3.8) is 0 Å². The molecule has 0 heterocycles. The van der Waals surface area contributed by atoms with Crippen molar-refractivity contribution in [1.82, 2.24) is 10.2 Å². The van der Waals surface area contributed by atoms with Gasteiger partial charge in [0.05, 0.1) is 18.4 Å². The molecule has 0 spiro atoms. The van der Waals surface area contributed by atoms with Crippen LogP contribution >= 0.6 is 0 Å². The Morgan fingerprint density at radius 1 is 1.30 bits per heavy atom. The van der Waals surface area contributed by atoms with Gasteiger partial charge in [0.15, 0.2) is 0 Å². The third-order valence-corrected chi connectivity index (χ3v) is 3.43. The summed E-state index contributed by atoms with van der Waals surface area (Å²) in [7, 11) is 1.66. The van der Waals surface area contributed by atoms with Gasteiger partial charge in [-0.2, -0.15) is 5.26 Å². The Balaban J connectivity index is 4.02. The van der Waals surface area contributed by atoms with Crippen molar-refractivity contribution >= 4 is 12.0 Å². The second-order valence-corrected chi connectivity index (χ2v) is 5.34. The van der Waals surface area contributed by atoms with E-state index in [0.717, 1.165) is 12.8 Å². The SMILES string of the molecule is CC(CCCC(C)C(=O)O)NC(=O)N(C)C(C)CC#N. The molecule has 0 saturated carbocycles. The van der Waals surface area contributed by atoms with Gasteiger partial charge in [0.1, 0.15) is 0 Å². The number of hydrogen-bond acceptors (Lipinski definition) is 3. The molecule has 20 heavy (non-hydrogen) atoms. The van der Waals surface area contributed by atoms with Crippen LogP contribution in [0.25, 0.3) is 0 Å². The van der Waals surface area contributed by atoms with Crippen LogP contribution in [0.1, 0.15) is 46.5 Å². The Kier molecular flexibility index (Phi) is 8.37. The number of carbonyl (C=O) groups is 2. The van der Waals surface area contributed by atoms with E-state index in [1.807, 2.05) is 19.9 Å². The smallest absolute Gasteiger partial charge is 0.317 e. The Hall–Kier alpha value is -1.77. The van der Waals surface area contributed by atoms with Crippen LogP contribution in [0, 0.1) is 17.2 Å². The molecule has 0 aliphatic heterocycles. The van der Waals surface area contributed by atoms with Gasteiger partial charge in [0, 0.05) is 19.1 Å². The van der Waals surface area contributed by atoms with Crippen LogP contribution in [0.5, 0.6) is 0 Å². The lowest BCUT2D eigenvalue weighted by Crippen LogP contribution is -2.45. The number of carboxylic acids is 1. The normalized spacial score (nSPS) is 14.8. The molecule has 0 aromatic carbocycles. The lowest BCUT2D eigenvalue weighted by Gasteiger charge is -2.25. The van der Waals surface area contributed by atoms with E-state index in [9.17, 15) is 9.59 Å². The summed E-state index contributed by atoms with van der Waals surface area (Å²) in [4.78, 5) is 24.1. The summed E-state index contributed by atoms with van der Waals surface area (Å²) in [6.45, 7) is 5.40. The molecule has 0 saturated heterocycles. The Labute approximate surface area is 120 Å². The molecule has 0 fully saturated rings. The zero-order chi connectivity index (χ0) is 15.7. The summed E-state index contributed by atoms with van der Waals surface area (Å²) in [6.07, 6.45) is 2.40. The fourth-order valence-corrected chi connectivity index (χ4v) is 1.71. The van der Waals surface area contributed by atoms with E-state index < -0.39 is 5.97 Å². The average molecular weight is 283 g/mol. The molecule has 0 radical (unpaired) electrons. The van der Waals surface area contributed by atoms with Crippen molar-refractivity contribution in [1.29, 1.82) is 5.26 Å². The van der Waals surface area contributed by atoms with Gasteiger partial charge in [-0.05, 0) is 26.7 Å². The van der Waals surface area contributed by atoms with Crippen molar-refractivity contribution in [2.45, 2.75) is 58.5 Å². The monoisotopic (exact) mass is 283 g/mol. The van der Waals surface area contributed by atoms with E-state index >= 15 is 0 Å². The van der Waals surface area contributed by atoms with Crippen LogP contribution in [0.3, 0.4) is 0 Å². The van der Waals surface area contributed by atoms with Gasteiger partial charge >= 0.3 is 12.0 Å². The lowest BCUT2D eigenvalue weighted by atomic mass is 10.0. The molecule has 114 valence electrons. The number of amides is 2. The van der Waals surface area contributed by atoms with Gasteiger partial charge in [-0.15, -0.1) is 0 Å². The summed E-state index contributed by atoms with van der Waals surface area (Å²) < 4.78 is 0. The van der Waals surface area contributed by atoms with Crippen LogP contribution in [-0.2, 0) is 4.79 Å². The molecule has 0 bridgehead atoms. The Morgan fingerprint density at radius 2 is 1.90 bits per heavy atom. The first-order chi connectivity index (χ1) is 9.29. The minimum absolute atomic E-state index is 0.0137. The molecule has 3 unspecified atom stereocenters. The number of urea groups is 1. The number of rotatable bonds is 8. The van der Waals surface area contributed by atoms with E-state index in [2.05, 4.69) is 5.32 Å². The van der Waals surface area contributed by atoms with Gasteiger partial charge in [0.25, 0.3) is 0 Å². The van der Waals surface area contributed by atoms with Gasteiger partial charge in [-0.1, -0.05) is 13.3 Å². The molecule has 6 nitrogen and oxygen atoms in total. The van der Waals surface area contributed by atoms with Crippen molar-refractivity contribution in [3.05, 3.63) is 0 Å². The van der Waals surface area contributed by atoms with E-state index in [1.54, 1.807) is 14.0 Å². The standard InChI is InChI=1S/C14H25N3O3/c1-10(13(18)19)6-5-7-11(2)16-14(20)17(4)12(3)8-9-15/h10-12H,5-8H2,1-4H3,(H,16,20)(H,18,19). The average Bonchev–Trinajstić information content (AvgIpc) is 2.37. The van der Waals surface area contributed by atoms with E-state index in [0.29, 0.717) is 12.8 Å². The molecule has 0 aromatic heterocycles. The van der Waals surface area contributed by atoms with Gasteiger partial charge < -0.3 is 15.3 Å². The predicted molar refractivity (Wildman–Crippen MR) is 76.1 cm³/mol. The molecule has 0 aliphatic carbocycles. The van der Waals surface area contributed by atoms with Gasteiger partial charge in [0.2, 0.25) is 0 Å². The first-order valence-corrected chi connectivity index (χ1v) is 6.92. The Morgan fingerprint density at radius 3 is 2.40 bits per heavy atom. The Bertz CT molecular complexity index is 365. The quantitative estimate of drug-likeness (QED) is 0.714. The molecule has 3 atom stereocenters. The zero-order valence-electron chi connectivity index (χ0n) is 12.7. The predicted octanol–water partition coefficient (Wildman–Crippen LogP) is 2.21. The van der Waals surface area contributed by atoms with Crippen LogP contribution in [0.2, 0.25) is 0 Å². The fourth-order valence-electron chi connectivity index (χ4n) is 1.71. The minimum atomic E-state index is -0.785. The lowest BCUT2D eigenvalue weighted by molar-refractivity contribution is -0.141. The molecular weight excluding hydrogens is 258 g/mol. The number of nitriles is 1. The molecule has 0 aliphatic rings. The number of aliphatic carboxylic acids is 1. The number of hydrogen-bond donors (Lipinski definition) is 2. The van der Waals surface area contributed by atoms with Crippen LogP contribution in [-0.4, -0.2) is 41.1 Å². The highest BCUT2D eigenvalue weighted by molar-refractivity contribution is 5.74. The number of nitrogens with one attached hydrogen (secondary N) is 1. The third-order valence-electron chi connectivity index (χ3n) is 3.43. The van der Waals surface area contributed by atoms with E-state index in [4.69, 9.17) is 10.4 Å². The highest BCUT2D eigenvalue weighted by Crippen LogP contribution is 2.10. The number of carboxylic acid groups (broad SMARTS) is 1. The second kappa shape index (κ2) is 9.18. The number of carbonyl (C=O) groups excluding carboxylic acids is 1. The zero-order valence-corrected chi connectivity index (χ0v) is 12.7. The molecule has 2 amide bonds. The van der Waals surface area contributed by atoms with Crippen molar-refractivity contribution < 1.29 is 14.7 Å². The fraction of sp³-hybridized carbons (Fsp3) is 0.786. The molecule has 6 heteroatoms. The summed E-state index contributed by atoms with van der Waals surface area (Å²) >= 11 is 0. The summed E-state index contributed by atoms with van der Waals surface area (Å²) in [5, 5.41) is 20.2. The first kappa shape index (κ1) is 18.2. The largest absolute Gasteiger partial charge is 0.481 e. The molecule has 0 rings (SSSR count). The summed E-state index contributed by atoms with van der Waals surface area (Å²) in [6, 6.07) is 1.69. The molecule has 2 N–H and O–H groups in total. The highest BCUT2D eigenvalue weighted by atomic mass is 16.4. The van der Waals surface area contributed by atoms with Crippen LogP contribution < -0.4 is 5.32 Å². The maximum Gasteiger partial charge on any atom is 0.317 e. The van der Waals surface area contributed by atoms with E-state index in [1.165, 1.54) is 4.90 Å². The van der Waals surface area contributed by atoms with Crippen molar-refractivity contribution in [2.75, 3.05) is 7.05 Å². The van der Waals surface area contributed by atoms with Crippen molar-refractivity contribution in [2.24, 2.45) is 5.92 Å². The van der Waals surface area contributed by atoms with Gasteiger partial charge in [-0.25, -0.2) is 4.79 Å². The molecular formula is C14H25N3O3. The maximum atomic E-state index is 11.9. The highest BCUT2D eigenvalue weighted by Gasteiger charge is 2.17. The van der Waals surface area contributed by atoms with Crippen molar-refractivity contribution in [3.8, 4) is 6.07 Å². The topological polar surface area (TPSA) is 93.4 Å². The van der Waals surface area contributed by atoms with Crippen LogP contribution in [0.15, 0.2) is 0 Å². The van der Waals surface area contributed by atoms with Crippen LogP contribution in [0.4, 0.5) is 4.79 Å². The maximum absolute atomic E-state index is 11.9. The number of nitrogens with zero attached hydrogens (tertiary/aromatic N) is 2. The summed E-state index contributed by atoms with van der Waals surface area (Å²) in [5.74, 6) is -1.14. The molecule has 0 aromatic rings. The summed E-state index contributed by atoms with van der Waals surface area (Å²) in [5.41, 5.74) is 0. The first-order valence-electron chi connectivity index (χ1n) is 6.92. The second-order valence-electron chi connectivity index (χ2n) is 5.34. The van der Waals surface area contributed by atoms with Gasteiger partial charge in [-0.3, -0.25) is 4.79 Å². The third kappa shape index (κ3) is 6.98.